The van der Waals surface area contributed by atoms with Gasteiger partial charge in [0.25, 0.3) is 0 Å². The van der Waals surface area contributed by atoms with Crippen molar-refractivity contribution in [1.29, 1.82) is 0 Å². The summed E-state index contributed by atoms with van der Waals surface area (Å²) in [5.74, 6) is 0.301. The van der Waals surface area contributed by atoms with Gasteiger partial charge >= 0.3 is 0 Å². The molecule has 0 radical (unpaired) electrons. The number of fused-ring (bicyclic) bond motifs is 3. The summed E-state index contributed by atoms with van der Waals surface area (Å²) in [6, 6.07) is 6.24. The van der Waals surface area contributed by atoms with Crippen LogP contribution in [-0.4, -0.2) is 48.7 Å². The van der Waals surface area contributed by atoms with Crippen LogP contribution in [0.3, 0.4) is 0 Å². The molecule has 4 rings (SSSR count). The van der Waals surface area contributed by atoms with Gasteiger partial charge in [-0.25, -0.2) is 18.9 Å². The van der Waals surface area contributed by atoms with Gasteiger partial charge in [-0.15, -0.1) is 5.10 Å². The zero-order valence-electron chi connectivity index (χ0n) is 16.8. The molecule has 0 saturated carbocycles. The maximum atomic E-state index is 13.2. The molecule has 0 bridgehead atoms. The van der Waals surface area contributed by atoms with Gasteiger partial charge in [0.2, 0.25) is 0 Å². The number of rotatable bonds is 6. The molecule has 7 heteroatoms. The predicted molar refractivity (Wildman–Crippen MR) is 109 cm³/mol. The number of aromatic nitrogens is 5. The maximum absolute atomic E-state index is 13.2. The molecule has 1 aromatic carbocycles. The van der Waals surface area contributed by atoms with E-state index in [4.69, 9.17) is 4.98 Å². The average molecular weight is 380 g/mol. The SMILES string of the molecule is CCN(CC)CCn1c(C)c(C)c2c1ncn1nc(-c3ccc(F)cc3)nc21. The molecular weight excluding hydrogens is 355 g/mol. The van der Waals surface area contributed by atoms with E-state index in [1.807, 2.05) is 0 Å². The summed E-state index contributed by atoms with van der Waals surface area (Å²) in [6.07, 6.45) is 1.71. The summed E-state index contributed by atoms with van der Waals surface area (Å²) in [5.41, 5.74) is 4.88. The minimum Gasteiger partial charge on any atom is -0.328 e. The van der Waals surface area contributed by atoms with Gasteiger partial charge in [0, 0.05) is 24.3 Å². The van der Waals surface area contributed by atoms with E-state index in [0.717, 1.165) is 48.4 Å². The highest BCUT2D eigenvalue weighted by Gasteiger charge is 2.18. The number of nitrogens with zero attached hydrogens (tertiary/aromatic N) is 6. The van der Waals surface area contributed by atoms with E-state index < -0.39 is 0 Å². The minimum atomic E-state index is -0.270. The van der Waals surface area contributed by atoms with Crippen molar-refractivity contribution in [2.45, 2.75) is 34.2 Å². The second-order valence-electron chi connectivity index (χ2n) is 7.04. The van der Waals surface area contributed by atoms with Gasteiger partial charge in [-0.2, -0.15) is 0 Å². The van der Waals surface area contributed by atoms with Crippen LogP contribution in [-0.2, 0) is 6.54 Å². The number of aryl methyl sites for hydroxylation is 1. The van der Waals surface area contributed by atoms with Gasteiger partial charge < -0.3 is 9.47 Å². The maximum Gasteiger partial charge on any atom is 0.182 e. The van der Waals surface area contributed by atoms with E-state index in [1.54, 1.807) is 23.0 Å². The number of halogens is 1. The molecule has 0 aliphatic heterocycles. The zero-order valence-corrected chi connectivity index (χ0v) is 16.8. The molecule has 28 heavy (non-hydrogen) atoms. The van der Waals surface area contributed by atoms with Gasteiger partial charge in [-0.1, -0.05) is 13.8 Å². The fraction of sp³-hybridized carbons (Fsp3) is 0.381. The van der Waals surface area contributed by atoms with Crippen LogP contribution in [0.2, 0.25) is 0 Å². The van der Waals surface area contributed by atoms with Crippen molar-refractivity contribution < 1.29 is 4.39 Å². The third kappa shape index (κ3) is 3.05. The van der Waals surface area contributed by atoms with Gasteiger partial charge in [-0.05, 0) is 56.8 Å². The lowest BCUT2D eigenvalue weighted by Crippen LogP contribution is -2.27. The summed E-state index contributed by atoms with van der Waals surface area (Å²) in [5, 5.41) is 5.57. The summed E-state index contributed by atoms with van der Waals surface area (Å²) >= 11 is 0. The lowest BCUT2D eigenvalue weighted by atomic mass is 10.2. The zero-order chi connectivity index (χ0) is 19.8. The molecule has 0 fully saturated rings. The summed E-state index contributed by atoms with van der Waals surface area (Å²) < 4.78 is 17.2. The molecule has 3 heterocycles. The highest BCUT2D eigenvalue weighted by molar-refractivity contribution is 5.94. The smallest absolute Gasteiger partial charge is 0.182 e. The second-order valence-corrected chi connectivity index (χ2v) is 7.04. The first-order chi connectivity index (χ1) is 13.5. The first kappa shape index (κ1) is 18.6. The van der Waals surface area contributed by atoms with Gasteiger partial charge in [0.05, 0.1) is 5.39 Å². The average Bonchev–Trinajstić information content (AvgIpc) is 3.23. The molecule has 0 saturated heterocycles. The Morgan fingerprint density at radius 3 is 2.43 bits per heavy atom. The Labute approximate surface area is 163 Å². The standard InChI is InChI=1S/C21H25FN6/c1-5-26(6-2)11-12-27-15(4)14(3)18-20(27)23-13-28-21(18)24-19(25-28)16-7-9-17(22)10-8-16/h7-10,13H,5-6,11-12H2,1-4H3. The van der Waals surface area contributed by atoms with Gasteiger partial charge in [-0.3, -0.25) is 0 Å². The van der Waals surface area contributed by atoms with Crippen LogP contribution in [0.25, 0.3) is 28.1 Å². The molecule has 146 valence electrons. The van der Waals surface area contributed by atoms with E-state index in [-0.39, 0.29) is 5.82 Å². The predicted octanol–water partition coefficient (Wildman–Crippen LogP) is 3.84. The Morgan fingerprint density at radius 2 is 1.75 bits per heavy atom. The minimum absolute atomic E-state index is 0.270. The molecule has 6 nitrogen and oxygen atoms in total. The summed E-state index contributed by atoms with van der Waals surface area (Å²) in [7, 11) is 0. The Balaban J connectivity index is 1.81. The van der Waals surface area contributed by atoms with Crippen LogP contribution in [0.15, 0.2) is 30.6 Å². The third-order valence-electron chi connectivity index (χ3n) is 5.58. The molecule has 0 spiro atoms. The fourth-order valence-electron chi connectivity index (χ4n) is 3.71. The van der Waals surface area contributed by atoms with Crippen molar-refractivity contribution >= 4 is 16.7 Å². The largest absolute Gasteiger partial charge is 0.328 e. The van der Waals surface area contributed by atoms with Crippen LogP contribution >= 0.6 is 0 Å². The first-order valence-corrected chi connectivity index (χ1v) is 9.72. The van der Waals surface area contributed by atoms with E-state index in [9.17, 15) is 4.39 Å². The Hall–Kier alpha value is -2.80. The van der Waals surface area contributed by atoms with E-state index in [0.29, 0.717) is 5.82 Å². The molecule has 4 aromatic rings. The molecule has 0 aliphatic rings. The monoisotopic (exact) mass is 380 g/mol. The van der Waals surface area contributed by atoms with Gasteiger partial charge in [0.1, 0.15) is 17.8 Å². The van der Waals surface area contributed by atoms with Crippen LogP contribution < -0.4 is 0 Å². The topological polar surface area (TPSA) is 51.2 Å². The lowest BCUT2D eigenvalue weighted by molar-refractivity contribution is 0.291. The number of benzene rings is 1. The van der Waals surface area contributed by atoms with Crippen molar-refractivity contribution in [3.63, 3.8) is 0 Å². The normalized spacial score (nSPS) is 11.9. The van der Waals surface area contributed by atoms with Gasteiger partial charge in [0.15, 0.2) is 11.5 Å². The van der Waals surface area contributed by atoms with Crippen LogP contribution in [0.4, 0.5) is 4.39 Å². The molecular formula is C21H25FN6. The van der Waals surface area contributed by atoms with E-state index >= 15 is 0 Å². The van der Waals surface area contributed by atoms with Crippen molar-refractivity contribution in [2.24, 2.45) is 0 Å². The molecule has 0 atom stereocenters. The Kier molecular flexibility index (Phi) is 4.85. The molecule has 0 N–H and O–H groups in total. The number of likely N-dealkylation sites (N-methyl/N-ethyl adjacent to an activating group) is 1. The Bertz CT molecular complexity index is 1120. The van der Waals surface area contributed by atoms with Crippen molar-refractivity contribution in [1.82, 2.24) is 29.0 Å². The van der Waals surface area contributed by atoms with Crippen LogP contribution in [0.1, 0.15) is 25.1 Å². The molecule has 0 unspecified atom stereocenters. The summed E-state index contributed by atoms with van der Waals surface area (Å²) in [6.45, 7) is 12.6. The summed E-state index contributed by atoms with van der Waals surface area (Å²) in [4.78, 5) is 11.8. The highest BCUT2D eigenvalue weighted by atomic mass is 19.1. The second kappa shape index (κ2) is 7.31. The molecule has 0 aliphatic carbocycles. The molecule has 0 amide bonds. The quantitative estimate of drug-likeness (QED) is 0.510. The van der Waals surface area contributed by atoms with Crippen molar-refractivity contribution in [3.05, 3.63) is 47.7 Å². The lowest BCUT2D eigenvalue weighted by Gasteiger charge is -2.19. The first-order valence-electron chi connectivity index (χ1n) is 9.72. The number of hydrogen-bond acceptors (Lipinski definition) is 4. The number of hydrogen-bond donors (Lipinski definition) is 0. The molecule has 3 aromatic heterocycles. The van der Waals surface area contributed by atoms with E-state index in [2.05, 4.69) is 47.2 Å². The van der Waals surface area contributed by atoms with Crippen LogP contribution in [0.5, 0.6) is 0 Å². The fourth-order valence-corrected chi connectivity index (χ4v) is 3.71. The highest BCUT2D eigenvalue weighted by Crippen LogP contribution is 2.28. The van der Waals surface area contributed by atoms with E-state index in [1.165, 1.54) is 23.4 Å². The van der Waals surface area contributed by atoms with Crippen molar-refractivity contribution in [3.8, 4) is 11.4 Å². The van der Waals surface area contributed by atoms with Crippen LogP contribution in [0, 0.1) is 19.7 Å². The Morgan fingerprint density at radius 1 is 1.04 bits per heavy atom. The third-order valence-corrected chi connectivity index (χ3v) is 5.58. The van der Waals surface area contributed by atoms with Crippen molar-refractivity contribution in [2.75, 3.05) is 19.6 Å².